The van der Waals surface area contributed by atoms with Gasteiger partial charge < -0.3 is 5.32 Å². The lowest BCUT2D eigenvalue weighted by Gasteiger charge is -2.37. The third-order valence-corrected chi connectivity index (χ3v) is 4.94. The first-order valence-electron chi connectivity index (χ1n) is 6.36. The van der Waals surface area contributed by atoms with Gasteiger partial charge in [0, 0.05) is 19.1 Å². The summed E-state index contributed by atoms with van der Waals surface area (Å²) < 4.78 is 0. The number of likely N-dealkylation sites (N-methyl/N-ethyl adjacent to an activating group) is 1. The van der Waals surface area contributed by atoms with Crippen LogP contribution in [0, 0.1) is 5.92 Å². The molecular weight excluding hydrogens is 204 g/mol. The van der Waals surface area contributed by atoms with E-state index in [4.69, 9.17) is 0 Å². The highest BCUT2D eigenvalue weighted by atomic mass is 32.2. The van der Waals surface area contributed by atoms with Gasteiger partial charge in [0.25, 0.3) is 0 Å². The van der Waals surface area contributed by atoms with Crippen molar-refractivity contribution in [3.63, 3.8) is 0 Å². The van der Waals surface area contributed by atoms with Gasteiger partial charge >= 0.3 is 0 Å². The Balaban J connectivity index is 1.80. The van der Waals surface area contributed by atoms with Gasteiger partial charge in [0.05, 0.1) is 0 Å². The number of nitrogens with one attached hydrogen (secondary N) is 1. The monoisotopic (exact) mass is 228 g/mol. The van der Waals surface area contributed by atoms with Gasteiger partial charge in [-0.15, -0.1) is 0 Å². The molecule has 2 aliphatic rings. The van der Waals surface area contributed by atoms with E-state index in [1.807, 2.05) is 0 Å². The van der Waals surface area contributed by atoms with E-state index >= 15 is 0 Å². The third kappa shape index (κ3) is 3.36. The number of thioether (sulfide) groups is 1. The second-order valence-electron chi connectivity index (χ2n) is 4.93. The summed E-state index contributed by atoms with van der Waals surface area (Å²) in [6.07, 6.45) is 5.70. The lowest BCUT2D eigenvalue weighted by Crippen LogP contribution is -2.46. The molecule has 1 N–H and O–H groups in total. The van der Waals surface area contributed by atoms with Crippen LogP contribution < -0.4 is 5.32 Å². The largest absolute Gasteiger partial charge is 0.318 e. The molecule has 15 heavy (non-hydrogen) atoms. The minimum Gasteiger partial charge on any atom is -0.318 e. The van der Waals surface area contributed by atoms with Gasteiger partial charge in [0.1, 0.15) is 0 Å². The Morgan fingerprint density at radius 1 is 1.33 bits per heavy atom. The second-order valence-corrected chi connectivity index (χ2v) is 6.08. The molecule has 2 rings (SSSR count). The van der Waals surface area contributed by atoms with Gasteiger partial charge in [-0.25, -0.2) is 0 Å². The van der Waals surface area contributed by atoms with Crippen molar-refractivity contribution in [2.45, 2.75) is 31.7 Å². The Kier molecular flexibility index (Phi) is 4.79. The fraction of sp³-hybridized carbons (Fsp3) is 1.00. The zero-order valence-electron chi connectivity index (χ0n) is 9.87. The van der Waals surface area contributed by atoms with Crippen LogP contribution in [0.5, 0.6) is 0 Å². The van der Waals surface area contributed by atoms with E-state index in [1.165, 1.54) is 56.8 Å². The molecule has 2 nitrogen and oxygen atoms in total. The van der Waals surface area contributed by atoms with Gasteiger partial charge in [0.15, 0.2) is 0 Å². The Morgan fingerprint density at radius 2 is 2.27 bits per heavy atom. The zero-order chi connectivity index (χ0) is 10.5. The van der Waals surface area contributed by atoms with Crippen LogP contribution in [-0.2, 0) is 0 Å². The van der Waals surface area contributed by atoms with E-state index < -0.39 is 0 Å². The van der Waals surface area contributed by atoms with Crippen LogP contribution in [0.3, 0.4) is 0 Å². The first-order valence-corrected chi connectivity index (χ1v) is 7.52. The van der Waals surface area contributed by atoms with Gasteiger partial charge in [0.2, 0.25) is 0 Å². The summed E-state index contributed by atoms with van der Waals surface area (Å²) in [7, 11) is 2.08. The summed E-state index contributed by atoms with van der Waals surface area (Å²) in [6.45, 7) is 3.88. The van der Waals surface area contributed by atoms with Crippen LogP contribution in [0.15, 0.2) is 0 Å². The molecule has 0 aromatic carbocycles. The fourth-order valence-corrected chi connectivity index (χ4v) is 4.10. The minimum atomic E-state index is 0.814. The molecule has 3 heteroatoms. The van der Waals surface area contributed by atoms with Crippen LogP contribution in [-0.4, -0.2) is 49.1 Å². The van der Waals surface area contributed by atoms with E-state index in [1.54, 1.807) is 0 Å². The predicted octanol–water partition coefficient (Wildman–Crippen LogP) is 1.81. The molecule has 2 atom stereocenters. The van der Waals surface area contributed by atoms with Crippen molar-refractivity contribution in [3.8, 4) is 0 Å². The van der Waals surface area contributed by atoms with Gasteiger partial charge in [-0.05, 0) is 50.3 Å². The van der Waals surface area contributed by atoms with Crippen molar-refractivity contribution >= 4 is 11.8 Å². The number of hydrogen-bond donors (Lipinski definition) is 1. The number of hydrogen-bond acceptors (Lipinski definition) is 3. The molecule has 0 bridgehead atoms. The zero-order valence-corrected chi connectivity index (χ0v) is 10.7. The van der Waals surface area contributed by atoms with Gasteiger partial charge in [-0.3, -0.25) is 4.90 Å². The quantitative estimate of drug-likeness (QED) is 0.790. The second kappa shape index (κ2) is 6.12. The first-order chi connectivity index (χ1) is 7.40. The Hall–Kier alpha value is 0.270. The highest BCUT2D eigenvalue weighted by molar-refractivity contribution is 7.99. The summed E-state index contributed by atoms with van der Waals surface area (Å²) in [5.74, 6) is 3.78. The van der Waals surface area contributed by atoms with Crippen molar-refractivity contribution in [2.75, 3.05) is 38.2 Å². The van der Waals surface area contributed by atoms with Crippen LogP contribution in [0.4, 0.5) is 0 Å². The normalized spacial score (nSPS) is 33.4. The van der Waals surface area contributed by atoms with Crippen LogP contribution >= 0.6 is 11.8 Å². The SMILES string of the molecule is CNCC1CCCCN1CC1CCSC1. The predicted molar refractivity (Wildman–Crippen MR) is 68.6 cm³/mol. The summed E-state index contributed by atoms with van der Waals surface area (Å²) in [5, 5.41) is 3.35. The number of likely N-dealkylation sites (tertiary alicyclic amines) is 1. The summed E-state index contributed by atoms with van der Waals surface area (Å²) in [4.78, 5) is 2.75. The Bertz CT molecular complexity index is 178. The number of piperidine rings is 1. The number of nitrogens with zero attached hydrogens (tertiary/aromatic N) is 1. The van der Waals surface area contributed by atoms with Crippen LogP contribution in [0.25, 0.3) is 0 Å². The average molecular weight is 228 g/mol. The molecule has 2 saturated heterocycles. The topological polar surface area (TPSA) is 15.3 Å². The maximum Gasteiger partial charge on any atom is 0.0220 e. The van der Waals surface area contributed by atoms with Crippen molar-refractivity contribution in [1.29, 1.82) is 0 Å². The third-order valence-electron chi connectivity index (χ3n) is 3.71. The molecule has 88 valence electrons. The van der Waals surface area contributed by atoms with Crippen molar-refractivity contribution in [1.82, 2.24) is 10.2 Å². The molecule has 0 spiro atoms. The number of rotatable bonds is 4. The molecule has 0 radical (unpaired) electrons. The maximum absolute atomic E-state index is 3.35. The highest BCUT2D eigenvalue weighted by Crippen LogP contribution is 2.26. The first kappa shape index (κ1) is 11.7. The Labute approximate surface area is 98.2 Å². The molecular formula is C12H24N2S. The van der Waals surface area contributed by atoms with E-state index in [0.717, 1.165) is 12.0 Å². The van der Waals surface area contributed by atoms with Gasteiger partial charge in [-0.1, -0.05) is 6.42 Å². The van der Waals surface area contributed by atoms with Crippen molar-refractivity contribution in [3.05, 3.63) is 0 Å². The maximum atomic E-state index is 3.35. The fourth-order valence-electron chi connectivity index (χ4n) is 2.83. The molecule has 0 amide bonds. The molecule has 2 aliphatic heterocycles. The summed E-state index contributed by atoms with van der Waals surface area (Å²) in [6, 6.07) is 0.814. The lowest BCUT2D eigenvalue weighted by molar-refractivity contribution is 0.129. The standard InChI is InChI=1S/C12H24N2S/c1-13-8-12-4-2-3-6-14(12)9-11-5-7-15-10-11/h11-13H,2-10H2,1H3. The molecule has 2 unspecified atom stereocenters. The Morgan fingerprint density at radius 3 is 3.00 bits per heavy atom. The smallest absolute Gasteiger partial charge is 0.0220 e. The minimum absolute atomic E-state index is 0.814. The van der Waals surface area contributed by atoms with Crippen molar-refractivity contribution in [2.24, 2.45) is 5.92 Å². The lowest BCUT2D eigenvalue weighted by atomic mass is 9.99. The van der Waals surface area contributed by atoms with E-state index in [9.17, 15) is 0 Å². The van der Waals surface area contributed by atoms with E-state index in [2.05, 4.69) is 29.0 Å². The molecule has 2 heterocycles. The summed E-state index contributed by atoms with van der Waals surface area (Å²) in [5.41, 5.74) is 0. The average Bonchev–Trinajstić information content (AvgIpc) is 2.74. The van der Waals surface area contributed by atoms with Crippen LogP contribution in [0.1, 0.15) is 25.7 Å². The molecule has 0 aromatic rings. The molecule has 0 aromatic heterocycles. The molecule has 0 saturated carbocycles. The summed E-state index contributed by atoms with van der Waals surface area (Å²) >= 11 is 2.14. The van der Waals surface area contributed by atoms with Crippen molar-refractivity contribution < 1.29 is 0 Å². The van der Waals surface area contributed by atoms with E-state index in [-0.39, 0.29) is 0 Å². The van der Waals surface area contributed by atoms with E-state index in [0.29, 0.717) is 0 Å². The molecule has 0 aliphatic carbocycles. The van der Waals surface area contributed by atoms with Crippen LogP contribution in [0.2, 0.25) is 0 Å². The van der Waals surface area contributed by atoms with Gasteiger partial charge in [-0.2, -0.15) is 11.8 Å². The highest BCUT2D eigenvalue weighted by Gasteiger charge is 2.25. The molecule has 2 fully saturated rings.